The summed E-state index contributed by atoms with van der Waals surface area (Å²) < 4.78 is 44.0. The second kappa shape index (κ2) is 9.05. The predicted molar refractivity (Wildman–Crippen MR) is 125 cm³/mol. The van der Waals surface area contributed by atoms with Crippen molar-refractivity contribution in [2.24, 2.45) is 0 Å². The number of hydrogen-bond acceptors (Lipinski definition) is 6. The Bertz CT molecular complexity index is 1440. The lowest BCUT2D eigenvalue weighted by Gasteiger charge is -2.12. The fourth-order valence-electron chi connectivity index (χ4n) is 3.75. The third-order valence-corrected chi connectivity index (χ3v) is 5.55. The molecule has 0 saturated heterocycles. The number of carbonyl (C=O) groups is 1. The van der Waals surface area contributed by atoms with Gasteiger partial charge in [-0.1, -0.05) is 12.1 Å². The van der Waals surface area contributed by atoms with Gasteiger partial charge in [0.2, 0.25) is 11.9 Å². The molecule has 3 N–H and O–H groups in total. The van der Waals surface area contributed by atoms with E-state index in [4.69, 9.17) is 0 Å². The van der Waals surface area contributed by atoms with E-state index in [0.29, 0.717) is 12.2 Å². The first kappa shape index (κ1) is 22.3. The van der Waals surface area contributed by atoms with Gasteiger partial charge in [-0.3, -0.25) is 4.79 Å². The Morgan fingerprint density at radius 3 is 2.51 bits per heavy atom. The van der Waals surface area contributed by atoms with Crippen LogP contribution in [0.5, 0.6) is 0 Å². The molecule has 0 aliphatic carbocycles. The van der Waals surface area contributed by atoms with Gasteiger partial charge in [-0.2, -0.15) is 9.37 Å². The standard InChI is InChI=1S/C25H19F3N6O/c1-13-11-31-25-33-20-10-16(12-30-22(20)28)15-8-18(26)21(19(27)9-15)24(35)29-6-5-14-3-2-4-17(7-14)32-23(13)34-25/h2-4,7-12H,5-6H2,1H3,(H,29,35)(H2,31,32,33,34). The number of carbonyl (C=O) groups excluding carboxylic acids is 1. The van der Waals surface area contributed by atoms with E-state index in [2.05, 4.69) is 30.9 Å². The average molecular weight is 476 g/mol. The lowest BCUT2D eigenvalue weighted by Crippen LogP contribution is -2.27. The third-order valence-electron chi connectivity index (χ3n) is 5.55. The van der Waals surface area contributed by atoms with Crippen molar-refractivity contribution in [1.29, 1.82) is 0 Å². The number of amides is 1. The summed E-state index contributed by atoms with van der Waals surface area (Å²) in [5.74, 6) is -3.16. The summed E-state index contributed by atoms with van der Waals surface area (Å²) in [6, 6.07) is 10.8. The Hall–Kier alpha value is -4.47. The Morgan fingerprint density at radius 1 is 0.914 bits per heavy atom. The van der Waals surface area contributed by atoms with Crippen LogP contribution in [0.1, 0.15) is 21.5 Å². The lowest BCUT2D eigenvalue weighted by atomic mass is 10.0. The van der Waals surface area contributed by atoms with Crippen molar-refractivity contribution in [2.75, 3.05) is 17.2 Å². The molecule has 1 amide bonds. The van der Waals surface area contributed by atoms with Gasteiger partial charge in [-0.25, -0.2) is 18.7 Å². The molecule has 35 heavy (non-hydrogen) atoms. The predicted octanol–water partition coefficient (Wildman–Crippen LogP) is 5.04. The highest BCUT2D eigenvalue weighted by Gasteiger charge is 2.20. The zero-order valence-corrected chi connectivity index (χ0v) is 18.5. The highest BCUT2D eigenvalue weighted by molar-refractivity contribution is 5.95. The maximum Gasteiger partial charge on any atom is 0.257 e. The zero-order chi connectivity index (χ0) is 24.5. The number of anilines is 4. The fraction of sp³-hybridized carbons (Fsp3) is 0.120. The largest absolute Gasteiger partial charge is 0.352 e. The summed E-state index contributed by atoms with van der Waals surface area (Å²) in [6.07, 6.45) is 3.17. The van der Waals surface area contributed by atoms with Crippen LogP contribution < -0.4 is 16.0 Å². The highest BCUT2D eigenvalue weighted by Crippen LogP contribution is 2.29. The number of rotatable bonds is 0. The maximum absolute atomic E-state index is 14.8. The van der Waals surface area contributed by atoms with Crippen molar-refractivity contribution in [1.82, 2.24) is 20.3 Å². The fourth-order valence-corrected chi connectivity index (χ4v) is 3.75. The van der Waals surface area contributed by atoms with Crippen molar-refractivity contribution in [3.05, 3.63) is 89.1 Å². The van der Waals surface area contributed by atoms with Crippen molar-refractivity contribution >= 4 is 29.0 Å². The van der Waals surface area contributed by atoms with E-state index >= 15 is 0 Å². The Balaban J connectivity index is 1.63. The second-order valence-corrected chi connectivity index (χ2v) is 8.06. The maximum atomic E-state index is 14.8. The van der Waals surface area contributed by atoms with Crippen LogP contribution in [0.25, 0.3) is 11.1 Å². The van der Waals surface area contributed by atoms with Crippen LogP contribution in [-0.4, -0.2) is 27.4 Å². The SMILES string of the molecule is Cc1cnc2nc1Nc1cccc(c1)CCNC(=O)c1c(F)cc(cc1F)-c1cnc(F)c(c1)N2. The monoisotopic (exact) mass is 476 g/mol. The van der Waals surface area contributed by atoms with Crippen molar-refractivity contribution in [3.8, 4) is 11.1 Å². The summed E-state index contributed by atoms with van der Waals surface area (Å²) >= 11 is 0. The summed E-state index contributed by atoms with van der Waals surface area (Å²) in [5, 5.41) is 8.56. The summed E-state index contributed by atoms with van der Waals surface area (Å²) in [4.78, 5) is 24.8. The zero-order valence-electron chi connectivity index (χ0n) is 18.5. The van der Waals surface area contributed by atoms with E-state index in [1.165, 1.54) is 6.07 Å². The smallest absolute Gasteiger partial charge is 0.257 e. The number of aryl methyl sites for hydroxylation is 1. The van der Waals surface area contributed by atoms with Gasteiger partial charge in [0.25, 0.3) is 5.91 Å². The van der Waals surface area contributed by atoms with E-state index in [1.54, 1.807) is 6.20 Å². The van der Waals surface area contributed by atoms with E-state index in [0.717, 1.165) is 35.1 Å². The van der Waals surface area contributed by atoms with E-state index < -0.39 is 29.1 Å². The molecule has 0 atom stereocenters. The van der Waals surface area contributed by atoms with Crippen LogP contribution in [0, 0.1) is 24.5 Å². The Kier molecular flexibility index (Phi) is 5.77. The van der Waals surface area contributed by atoms with Gasteiger partial charge >= 0.3 is 0 Å². The van der Waals surface area contributed by atoms with E-state index in [-0.39, 0.29) is 29.3 Å². The lowest BCUT2D eigenvalue weighted by molar-refractivity contribution is 0.0945. The molecule has 2 aliphatic heterocycles. The van der Waals surface area contributed by atoms with Crippen LogP contribution in [-0.2, 0) is 6.42 Å². The molecule has 7 nitrogen and oxygen atoms in total. The first-order valence-corrected chi connectivity index (χ1v) is 10.8. The molecule has 0 unspecified atom stereocenters. The number of aromatic nitrogens is 3. The van der Waals surface area contributed by atoms with Gasteiger partial charge in [0.1, 0.15) is 23.0 Å². The van der Waals surface area contributed by atoms with Gasteiger partial charge in [0.15, 0.2) is 0 Å². The van der Waals surface area contributed by atoms with Crippen molar-refractivity contribution in [2.45, 2.75) is 13.3 Å². The van der Waals surface area contributed by atoms with Gasteiger partial charge < -0.3 is 16.0 Å². The summed E-state index contributed by atoms with van der Waals surface area (Å²) in [5.41, 5.74) is 1.94. The molecule has 4 heterocycles. The van der Waals surface area contributed by atoms with Crippen molar-refractivity contribution < 1.29 is 18.0 Å². The number of nitrogens with one attached hydrogen (secondary N) is 3. The van der Waals surface area contributed by atoms with Gasteiger partial charge in [-0.05, 0) is 54.8 Å². The van der Waals surface area contributed by atoms with Gasteiger partial charge in [0.05, 0.1) is 5.69 Å². The molecule has 10 heteroatoms. The molecule has 8 bridgehead atoms. The van der Waals surface area contributed by atoms with E-state index in [9.17, 15) is 18.0 Å². The molecule has 4 aromatic rings. The Labute approximate surface area is 198 Å². The first-order valence-electron chi connectivity index (χ1n) is 10.8. The third kappa shape index (κ3) is 4.63. The van der Waals surface area contributed by atoms with Crippen LogP contribution in [0.15, 0.2) is 54.9 Å². The van der Waals surface area contributed by atoms with E-state index in [1.807, 2.05) is 31.2 Å². The van der Waals surface area contributed by atoms with Crippen LogP contribution >= 0.6 is 0 Å². The summed E-state index contributed by atoms with van der Waals surface area (Å²) in [6.45, 7) is 2.01. The number of halogens is 3. The van der Waals surface area contributed by atoms with Crippen molar-refractivity contribution in [3.63, 3.8) is 0 Å². The number of hydrogen-bond donors (Lipinski definition) is 3. The molecule has 6 rings (SSSR count). The average Bonchev–Trinajstić information content (AvgIpc) is 2.82. The molecule has 2 aromatic carbocycles. The molecule has 176 valence electrons. The molecular formula is C25H19F3N6O. The topological polar surface area (TPSA) is 91.8 Å². The number of nitrogens with zero attached hydrogens (tertiary/aromatic N) is 3. The molecule has 2 aromatic heterocycles. The van der Waals surface area contributed by atoms with Crippen LogP contribution in [0.2, 0.25) is 0 Å². The van der Waals surface area contributed by atoms with Gasteiger partial charge in [-0.15, -0.1) is 0 Å². The number of pyridine rings is 1. The molecule has 0 spiro atoms. The number of fused-ring (bicyclic) bond motifs is 5. The minimum atomic E-state index is -1.04. The molecular weight excluding hydrogens is 457 g/mol. The Morgan fingerprint density at radius 2 is 1.71 bits per heavy atom. The second-order valence-electron chi connectivity index (χ2n) is 8.06. The minimum Gasteiger partial charge on any atom is -0.352 e. The quantitative estimate of drug-likeness (QED) is 0.308. The number of benzene rings is 2. The molecule has 0 radical (unpaired) electrons. The molecule has 2 aliphatic rings. The first-order chi connectivity index (χ1) is 16.9. The van der Waals surface area contributed by atoms with Crippen LogP contribution in [0.3, 0.4) is 0 Å². The molecule has 0 saturated carbocycles. The van der Waals surface area contributed by atoms with Crippen LogP contribution in [0.4, 0.5) is 36.3 Å². The van der Waals surface area contributed by atoms with Gasteiger partial charge in [0, 0.05) is 35.8 Å². The normalized spacial score (nSPS) is 13.1. The molecule has 0 fully saturated rings. The highest BCUT2D eigenvalue weighted by atomic mass is 19.1. The summed E-state index contributed by atoms with van der Waals surface area (Å²) in [7, 11) is 0. The minimum absolute atomic E-state index is 0.0835.